The smallest absolute Gasteiger partial charge is 0.212 e. The SMILES string of the molecule is CCN=C(NC=O)c1ccc(N)c(C(=O)c2cccc(OC3CCNCC3)c2)c1. The zero-order chi connectivity index (χ0) is 20.6. The fraction of sp³-hybridized carbons (Fsp3) is 0.318. The molecule has 4 N–H and O–H groups in total. The van der Waals surface area contributed by atoms with Crippen LogP contribution < -0.4 is 21.1 Å². The van der Waals surface area contributed by atoms with Crippen molar-refractivity contribution in [3.63, 3.8) is 0 Å². The van der Waals surface area contributed by atoms with Gasteiger partial charge in [-0.15, -0.1) is 0 Å². The minimum Gasteiger partial charge on any atom is -0.490 e. The summed E-state index contributed by atoms with van der Waals surface area (Å²) in [5, 5.41) is 5.88. The fourth-order valence-corrected chi connectivity index (χ4v) is 3.31. The Morgan fingerprint density at radius 1 is 1.24 bits per heavy atom. The second kappa shape index (κ2) is 9.84. The summed E-state index contributed by atoms with van der Waals surface area (Å²) >= 11 is 0. The Morgan fingerprint density at radius 3 is 2.76 bits per heavy atom. The minimum absolute atomic E-state index is 0.150. The highest BCUT2D eigenvalue weighted by atomic mass is 16.5. The Hall–Kier alpha value is -3.19. The van der Waals surface area contributed by atoms with Gasteiger partial charge in [0.2, 0.25) is 6.41 Å². The topological polar surface area (TPSA) is 106 Å². The van der Waals surface area contributed by atoms with Crippen LogP contribution in [-0.2, 0) is 4.79 Å². The third-order valence-electron chi connectivity index (χ3n) is 4.77. The Labute approximate surface area is 170 Å². The molecule has 1 aliphatic heterocycles. The van der Waals surface area contributed by atoms with E-state index in [0.29, 0.717) is 46.9 Å². The molecular formula is C22H26N4O3. The zero-order valence-corrected chi connectivity index (χ0v) is 16.5. The van der Waals surface area contributed by atoms with E-state index in [-0.39, 0.29) is 11.9 Å². The molecule has 0 atom stereocenters. The van der Waals surface area contributed by atoms with Crippen molar-refractivity contribution in [3.05, 3.63) is 59.2 Å². The molecular weight excluding hydrogens is 368 g/mol. The van der Waals surface area contributed by atoms with Gasteiger partial charge in [-0.3, -0.25) is 14.6 Å². The number of ether oxygens (including phenoxy) is 1. The van der Waals surface area contributed by atoms with E-state index in [1.165, 1.54) is 0 Å². The highest BCUT2D eigenvalue weighted by molar-refractivity contribution is 6.14. The van der Waals surface area contributed by atoms with Gasteiger partial charge in [0.25, 0.3) is 0 Å². The van der Waals surface area contributed by atoms with Crippen molar-refractivity contribution in [1.29, 1.82) is 0 Å². The highest BCUT2D eigenvalue weighted by Crippen LogP contribution is 2.23. The van der Waals surface area contributed by atoms with Gasteiger partial charge < -0.3 is 21.1 Å². The Kier molecular flexibility index (Phi) is 6.97. The molecule has 0 saturated carbocycles. The van der Waals surface area contributed by atoms with E-state index in [4.69, 9.17) is 10.5 Å². The van der Waals surface area contributed by atoms with E-state index in [1.54, 1.807) is 30.3 Å². The molecule has 1 amide bonds. The summed E-state index contributed by atoms with van der Waals surface area (Å²) in [6, 6.07) is 12.2. The summed E-state index contributed by atoms with van der Waals surface area (Å²) < 4.78 is 6.05. The van der Waals surface area contributed by atoms with Crippen LogP contribution >= 0.6 is 0 Å². The maximum atomic E-state index is 13.1. The molecule has 1 fully saturated rings. The van der Waals surface area contributed by atoms with Crippen LogP contribution in [0.2, 0.25) is 0 Å². The molecule has 0 radical (unpaired) electrons. The number of nitrogens with zero attached hydrogens (tertiary/aromatic N) is 1. The molecule has 152 valence electrons. The number of nitrogens with two attached hydrogens (primary N) is 1. The molecule has 1 saturated heterocycles. The maximum absolute atomic E-state index is 13.1. The Balaban J connectivity index is 1.86. The summed E-state index contributed by atoms with van der Waals surface area (Å²) in [5.41, 5.74) is 7.92. The number of rotatable bonds is 7. The van der Waals surface area contributed by atoms with Crippen molar-refractivity contribution in [3.8, 4) is 5.75 Å². The summed E-state index contributed by atoms with van der Waals surface area (Å²) in [4.78, 5) is 28.3. The van der Waals surface area contributed by atoms with Crippen molar-refractivity contribution in [2.75, 3.05) is 25.4 Å². The average molecular weight is 394 g/mol. The van der Waals surface area contributed by atoms with Gasteiger partial charge in [0.05, 0.1) is 0 Å². The van der Waals surface area contributed by atoms with Crippen molar-refractivity contribution in [1.82, 2.24) is 10.6 Å². The van der Waals surface area contributed by atoms with Crippen LogP contribution in [0.15, 0.2) is 47.5 Å². The molecule has 1 heterocycles. The van der Waals surface area contributed by atoms with Crippen LogP contribution in [0.25, 0.3) is 0 Å². The molecule has 3 rings (SSSR count). The first kappa shape index (κ1) is 20.5. The summed E-state index contributed by atoms with van der Waals surface area (Å²) in [6.07, 6.45) is 2.60. The molecule has 29 heavy (non-hydrogen) atoms. The second-order valence-corrected chi connectivity index (χ2v) is 6.81. The number of piperidine rings is 1. The predicted molar refractivity (Wildman–Crippen MR) is 114 cm³/mol. The molecule has 0 bridgehead atoms. The van der Waals surface area contributed by atoms with Gasteiger partial charge in [-0.1, -0.05) is 12.1 Å². The van der Waals surface area contributed by atoms with E-state index in [0.717, 1.165) is 25.9 Å². The monoisotopic (exact) mass is 394 g/mol. The first-order valence-electron chi connectivity index (χ1n) is 9.79. The number of amides is 1. The summed E-state index contributed by atoms with van der Waals surface area (Å²) in [5.74, 6) is 0.870. The van der Waals surface area contributed by atoms with Crippen LogP contribution in [0, 0.1) is 0 Å². The molecule has 7 nitrogen and oxygen atoms in total. The van der Waals surface area contributed by atoms with Crippen LogP contribution in [0.3, 0.4) is 0 Å². The normalized spacial score (nSPS) is 15.0. The number of benzene rings is 2. The third-order valence-corrected chi connectivity index (χ3v) is 4.77. The Morgan fingerprint density at radius 2 is 2.03 bits per heavy atom. The molecule has 0 unspecified atom stereocenters. The minimum atomic E-state index is -0.206. The zero-order valence-electron chi connectivity index (χ0n) is 16.5. The van der Waals surface area contributed by atoms with Gasteiger partial charge in [0.15, 0.2) is 5.78 Å². The van der Waals surface area contributed by atoms with Crippen LogP contribution in [0.5, 0.6) is 5.75 Å². The maximum Gasteiger partial charge on any atom is 0.212 e. The molecule has 7 heteroatoms. The van der Waals surface area contributed by atoms with Gasteiger partial charge in [-0.05, 0) is 63.2 Å². The number of ketones is 1. The van der Waals surface area contributed by atoms with Gasteiger partial charge >= 0.3 is 0 Å². The van der Waals surface area contributed by atoms with Crippen LogP contribution in [0.1, 0.15) is 41.3 Å². The van der Waals surface area contributed by atoms with Crippen molar-refractivity contribution in [2.24, 2.45) is 4.99 Å². The number of hydrogen-bond acceptors (Lipinski definition) is 6. The third kappa shape index (κ3) is 5.20. The molecule has 0 aliphatic carbocycles. The van der Waals surface area contributed by atoms with Crippen LogP contribution in [0.4, 0.5) is 5.69 Å². The van der Waals surface area contributed by atoms with Crippen LogP contribution in [-0.4, -0.2) is 43.8 Å². The highest BCUT2D eigenvalue weighted by Gasteiger charge is 2.18. The lowest BCUT2D eigenvalue weighted by Gasteiger charge is -2.24. The second-order valence-electron chi connectivity index (χ2n) is 6.81. The van der Waals surface area contributed by atoms with Gasteiger partial charge in [-0.2, -0.15) is 0 Å². The first-order valence-corrected chi connectivity index (χ1v) is 9.79. The number of carbonyl (C=O) groups excluding carboxylic acids is 2. The van der Waals surface area contributed by atoms with Gasteiger partial charge in [0.1, 0.15) is 17.7 Å². The molecule has 0 spiro atoms. The summed E-state index contributed by atoms with van der Waals surface area (Å²) in [7, 11) is 0. The lowest BCUT2D eigenvalue weighted by molar-refractivity contribution is -0.108. The van der Waals surface area contributed by atoms with Gasteiger partial charge in [0, 0.05) is 28.9 Å². The quantitative estimate of drug-likeness (QED) is 0.219. The lowest BCUT2D eigenvalue weighted by atomic mass is 9.99. The van der Waals surface area contributed by atoms with E-state index in [9.17, 15) is 9.59 Å². The number of hydrogen-bond donors (Lipinski definition) is 3. The number of aliphatic imine (C=N–C) groups is 1. The average Bonchev–Trinajstić information content (AvgIpc) is 2.74. The van der Waals surface area contributed by atoms with E-state index >= 15 is 0 Å². The number of amidine groups is 1. The first-order chi connectivity index (χ1) is 14.1. The Bertz CT molecular complexity index is 905. The standard InChI is InChI=1S/C22H26N4O3/c1-2-25-22(26-14-27)16-6-7-20(23)19(13-16)21(28)15-4-3-5-18(12-15)29-17-8-10-24-11-9-17/h3-7,12-14,17,24H,2,8-11,23H2,1H3,(H,25,26,27). The van der Waals surface area contributed by atoms with Crippen molar-refractivity contribution < 1.29 is 14.3 Å². The van der Waals surface area contributed by atoms with E-state index < -0.39 is 0 Å². The number of anilines is 1. The fourth-order valence-electron chi connectivity index (χ4n) is 3.31. The van der Waals surface area contributed by atoms with Crippen molar-refractivity contribution >= 4 is 23.7 Å². The molecule has 2 aromatic carbocycles. The van der Waals surface area contributed by atoms with Crippen molar-refractivity contribution in [2.45, 2.75) is 25.9 Å². The largest absolute Gasteiger partial charge is 0.490 e. The predicted octanol–water partition coefficient (Wildman–Crippen LogP) is 2.14. The summed E-state index contributed by atoms with van der Waals surface area (Å²) in [6.45, 7) is 4.23. The molecule has 1 aliphatic rings. The van der Waals surface area contributed by atoms with E-state index in [2.05, 4.69) is 15.6 Å². The number of carbonyl (C=O) groups is 2. The van der Waals surface area contributed by atoms with Gasteiger partial charge in [-0.25, -0.2) is 0 Å². The lowest BCUT2D eigenvalue weighted by Crippen LogP contribution is -2.34. The molecule has 2 aromatic rings. The number of nitrogen functional groups attached to an aromatic ring is 1. The van der Waals surface area contributed by atoms with E-state index in [1.807, 2.05) is 19.1 Å². The number of nitrogens with one attached hydrogen (secondary N) is 2. The molecule has 0 aromatic heterocycles.